The van der Waals surface area contributed by atoms with Crippen LogP contribution in [0.2, 0.25) is 0 Å². The van der Waals surface area contributed by atoms with Crippen molar-refractivity contribution in [1.29, 1.82) is 0 Å². The van der Waals surface area contributed by atoms with Crippen molar-refractivity contribution in [2.24, 2.45) is 0 Å². The molecule has 0 bridgehead atoms. The van der Waals surface area contributed by atoms with Crippen molar-refractivity contribution >= 4 is 17.9 Å². The van der Waals surface area contributed by atoms with Gasteiger partial charge in [0.1, 0.15) is 6.61 Å². The Bertz CT molecular complexity index is 461. The molecule has 0 unspecified atom stereocenters. The largest absolute Gasteiger partial charge is 0.478 e. The van der Waals surface area contributed by atoms with E-state index in [1.165, 1.54) is 20.1 Å². The highest BCUT2D eigenvalue weighted by molar-refractivity contribution is 5.89. The van der Waals surface area contributed by atoms with Gasteiger partial charge >= 0.3 is 17.9 Å². The summed E-state index contributed by atoms with van der Waals surface area (Å²) in [6.45, 7) is 9.71. The first-order valence-electron chi connectivity index (χ1n) is 6.26. The minimum absolute atomic E-state index is 0.0473. The molecule has 0 fully saturated rings. The fraction of sp³-hybridized carbons (Fsp3) is 0.400. The Labute approximate surface area is 129 Å². The molecule has 0 atom stereocenters. The van der Waals surface area contributed by atoms with Crippen molar-refractivity contribution in [3.8, 4) is 0 Å². The van der Waals surface area contributed by atoms with Crippen LogP contribution in [0.1, 0.15) is 20.3 Å². The van der Waals surface area contributed by atoms with E-state index < -0.39 is 17.9 Å². The van der Waals surface area contributed by atoms with E-state index in [0.29, 0.717) is 5.57 Å². The van der Waals surface area contributed by atoms with Crippen LogP contribution in [-0.2, 0) is 23.9 Å². The Hall–Kier alpha value is -2.41. The number of carboxylic acid groups (broad SMARTS) is 1. The normalized spacial score (nSPS) is 9.91. The smallest absolute Gasteiger partial charge is 0.333 e. The second-order valence-corrected chi connectivity index (χ2v) is 4.13. The van der Waals surface area contributed by atoms with Crippen LogP contribution in [0, 0.1) is 0 Å². The van der Waals surface area contributed by atoms with Gasteiger partial charge in [0.15, 0.2) is 0 Å². The van der Waals surface area contributed by atoms with Crippen LogP contribution in [0.15, 0.2) is 36.0 Å². The summed E-state index contributed by atoms with van der Waals surface area (Å²) < 4.78 is 8.85. The van der Waals surface area contributed by atoms with Crippen LogP contribution in [0.4, 0.5) is 0 Å². The lowest BCUT2D eigenvalue weighted by atomic mass is 10.1. The summed E-state index contributed by atoms with van der Waals surface area (Å²) in [6.07, 6.45) is 1.62. The lowest BCUT2D eigenvalue weighted by Crippen LogP contribution is -2.08. The van der Waals surface area contributed by atoms with Crippen LogP contribution >= 0.6 is 0 Å². The Balaban J connectivity index is 0. The summed E-state index contributed by atoms with van der Waals surface area (Å²) in [7, 11) is 1.25. The number of aliphatic hydroxyl groups excluding tert-OH is 1. The monoisotopic (exact) mass is 314 g/mol. The van der Waals surface area contributed by atoms with Gasteiger partial charge in [0.25, 0.3) is 0 Å². The number of hydrogen-bond acceptors (Lipinski definition) is 6. The topological polar surface area (TPSA) is 110 Å². The number of carbonyl (C=O) groups excluding carboxylic acids is 2. The van der Waals surface area contributed by atoms with Gasteiger partial charge in [-0.3, -0.25) is 0 Å². The number of allylic oxidation sites excluding steroid dienone is 1. The Morgan fingerprint density at radius 1 is 1.14 bits per heavy atom. The van der Waals surface area contributed by atoms with Crippen molar-refractivity contribution in [2.75, 3.05) is 20.3 Å². The van der Waals surface area contributed by atoms with Gasteiger partial charge in [-0.1, -0.05) is 19.2 Å². The molecule has 0 aliphatic heterocycles. The maximum atomic E-state index is 10.8. The average Bonchev–Trinajstić information content (AvgIpc) is 2.49. The highest BCUT2D eigenvalue weighted by Gasteiger charge is 2.05. The molecular weight excluding hydrogens is 292 g/mol. The number of carboxylic acids is 1. The van der Waals surface area contributed by atoms with E-state index in [-0.39, 0.29) is 30.8 Å². The van der Waals surface area contributed by atoms with Crippen molar-refractivity contribution in [1.82, 2.24) is 0 Å². The van der Waals surface area contributed by atoms with E-state index in [9.17, 15) is 14.4 Å². The molecule has 7 heteroatoms. The van der Waals surface area contributed by atoms with E-state index in [1.807, 2.05) is 0 Å². The van der Waals surface area contributed by atoms with Crippen LogP contribution in [0.3, 0.4) is 0 Å². The molecule has 0 aromatic carbocycles. The molecule has 7 nitrogen and oxygen atoms in total. The van der Waals surface area contributed by atoms with E-state index in [2.05, 4.69) is 22.6 Å². The third kappa shape index (κ3) is 11.4. The van der Waals surface area contributed by atoms with Gasteiger partial charge in [0, 0.05) is 16.7 Å². The van der Waals surface area contributed by atoms with Gasteiger partial charge in [-0.05, 0) is 20.3 Å². The van der Waals surface area contributed by atoms with E-state index >= 15 is 0 Å². The highest BCUT2D eigenvalue weighted by atomic mass is 16.5. The van der Waals surface area contributed by atoms with Crippen molar-refractivity contribution < 1.29 is 34.1 Å². The van der Waals surface area contributed by atoms with E-state index in [1.54, 1.807) is 6.92 Å². The second kappa shape index (κ2) is 12.3. The molecule has 0 amide bonds. The van der Waals surface area contributed by atoms with Crippen molar-refractivity contribution in [3.05, 3.63) is 36.0 Å². The number of hydrogen-bond donors (Lipinski definition) is 2. The molecule has 0 aromatic heterocycles. The molecule has 0 aliphatic carbocycles. The molecule has 0 aliphatic rings. The Morgan fingerprint density at radius 3 is 2.05 bits per heavy atom. The van der Waals surface area contributed by atoms with Gasteiger partial charge in [-0.25, -0.2) is 14.4 Å². The van der Waals surface area contributed by atoms with Crippen molar-refractivity contribution in [3.63, 3.8) is 0 Å². The molecule has 2 N–H and O–H groups in total. The molecule has 0 radical (unpaired) electrons. The third-order valence-corrected chi connectivity index (χ3v) is 2.14. The van der Waals surface area contributed by atoms with Gasteiger partial charge in [0.2, 0.25) is 0 Å². The minimum atomic E-state index is -1.00. The maximum absolute atomic E-state index is 10.8. The number of aliphatic carboxylic acids is 1. The first kappa shape index (κ1) is 21.9. The van der Waals surface area contributed by atoms with Gasteiger partial charge in [0.05, 0.1) is 13.7 Å². The zero-order valence-corrected chi connectivity index (χ0v) is 13.0. The Kier molecular flexibility index (Phi) is 12.3. The van der Waals surface area contributed by atoms with E-state index in [0.717, 1.165) is 0 Å². The molecule has 124 valence electrons. The summed E-state index contributed by atoms with van der Waals surface area (Å²) in [5.41, 5.74) is 0.775. The molecular formula is C15H22O7. The minimum Gasteiger partial charge on any atom is -0.478 e. The van der Waals surface area contributed by atoms with Crippen LogP contribution in [0.5, 0.6) is 0 Å². The first-order valence-corrected chi connectivity index (χ1v) is 6.26. The zero-order valence-electron chi connectivity index (χ0n) is 13.0. The summed E-state index contributed by atoms with van der Waals surface area (Å²) in [5.74, 6) is -1.98. The number of ether oxygens (including phenoxy) is 2. The summed E-state index contributed by atoms with van der Waals surface area (Å²) in [6, 6.07) is 0. The van der Waals surface area contributed by atoms with E-state index in [4.69, 9.17) is 10.2 Å². The standard InChI is InChI=1S/C9H12O4.C6H10O3/c1-6(8(10)11)4-5-7(2)9(12)13-3;1-5(2)6(8)9-4-3-7/h4H,2,5H2,1,3H3,(H,10,11);7H,1,3-4H2,2H3. The maximum Gasteiger partial charge on any atom is 0.333 e. The third-order valence-electron chi connectivity index (χ3n) is 2.14. The van der Waals surface area contributed by atoms with Crippen LogP contribution in [0.25, 0.3) is 0 Å². The number of carbonyl (C=O) groups is 3. The average molecular weight is 314 g/mol. The summed E-state index contributed by atoms with van der Waals surface area (Å²) in [5, 5.41) is 16.7. The second-order valence-electron chi connectivity index (χ2n) is 4.13. The fourth-order valence-electron chi connectivity index (χ4n) is 0.853. The fourth-order valence-corrected chi connectivity index (χ4v) is 0.853. The van der Waals surface area contributed by atoms with Gasteiger partial charge < -0.3 is 19.7 Å². The van der Waals surface area contributed by atoms with Crippen LogP contribution in [-0.4, -0.2) is 48.4 Å². The number of esters is 2. The highest BCUT2D eigenvalue weighted by Crippen LogP contribution is 2.04. The SMILES string of the molecule is C=C(C)C(=O)OCCO.C=C(CC=C(C)C(=O)O)C(=O)OC. The molecule has 0 heterocycles. The van der Waals surface area contributed by atoms with Gasteiger partial charge in [-0.2, -0.15) is 0 Å². The quantitative estimate of drug-likeness (QED) is 0.537. The van der Waals surface area contributed by atoms with Crippen LogP contribution < -0.4 is 0 Å². The lowest BCUT2D eigenvalue weighted by molar-refractivity contribution is -0.140. The summed E-state index contributed by atoms with van der Waals surface area (Å²) >= 11 is 0. The molecule has 0 saturated carbocycles. The molecule has 0 aromatic rings. The zero-order chi connectivity index (χ0) is 17.7. The summed E-state index contributed by atoms with van der Waals surface area (Å²) in [4.78, 5) is 31.6. The number of aliphatic hydroxyl groups is 1. The Morgan fingerprint density at radius 2 is 1.68 bits per heavy atom. The number of methoxy groups -OCH3 is 1. The first-order chi connectivity index (χ1) is 10.2. The molecule has 0 saturated heterocycles. The van der Waals surface area contributed by atoms with Crippen molar-refractivity contribution in [2.45, 2.75) is 20.3 Å². The molecule has 0 spiro atoms. The predicted octanol–water partition coefficient (Wildman–Crippen LogP) is 1.23. The molecule has 0 rings (SSSR count). The number of rotatable bonds is 7. The van der Waals surface area contributed by atoms with Gasteiger partial charge in [-0.15, -0.1) is 0 Å². The predicted molar refractivity (Wildman–Crippen MR) is 80.0 cm³/mol. The molecule has 22 heavy (non-hydrogen) atoms. The lowest BCUT2D eigenvalue weighted by Gasteiger charge is -1.99.